The monoisotopic (exact) mass is 316 g/mol. The Morgan fingerprint density at radius 2 is 2.14 bits per heavy atom. The fraction of sp³-hybridized carbons (Fsp3) is 0.125. The van der Waals surface area contributed by atoms with Crippen molar-refractivity contribution >= 4 is 22.4 Å². The van der Waals surface area contributed by atoms with Crippen molar-refractivity contribution in [2.45, 2.75) is 12.8 Å². The molecule has 4 nitrogen and oxygen atoms in total. The van der Waals surface area contributed by atoms with Gasteiger partial charge in [0.05, 0.1) is 5.56 Å². The maximum atomic E-state index is 13.7. The van der Waals surface area contributed by atoms with E-state index in [9.17, 15) is 9.18 Å². The SMILES string of the molecule is O=C(CCc1ccc(-c2ccccc2F)o1)Nc1nccs1. The van der Waals surface area contributed by atoms with Crippen LogP contribution >= 0.6 is 11.3 Å². The van der Waals surface area contributed by atoms with E-state index in [0.29, 0.717) is 28.6 Å². The number of nitrogens with one attached hydrogen (secondary N) is 1. The van der Waals surface area contributed by atoms with Crippen LogP contribution in [0.3, 0.4) is 0 Å². The Bertz CT molecular complexity index is 768. The van der Waals surface area contributed by atoms with Gasteiger partial charge >= 0.3 is 0 Å². The van der Waals surface area contributed by atoms with Gasteiger partial charge in [0.1, 0.15) is 17.3 Å². The third-order valence-electron chi connectivity index (χ3n) is 3.08. The predicted molar refractivity (Wildman–Crippen MR) is 83.2 cm³/mol. The van der Waals surface area contributed by atoms with Gasteiger partial charge in [0, 0.05) is 24.4 Å². The van der Waals surface area contributed by atoms with Gasteiger partial charge in [0.15, 0.2) is 5.13 Å². The number of carbonyl (C=O) groups excluding carboxylic acids is 1. The quantitative estimate of drug-likeness (QED) is 0.770. The molecule has 0 saturated carbocycles. The number of nitrogens with zero attached hydrogens (tertiary/aromatic N) is 1. The van der Waals surface area contributed by atoms with Crippen LogP contribution in [0.2, 0.25) is 0 Å². The second kappa shape index (κ2) is 6.53. The highest BCUT2D eigenvalue weighted by molar-refractivity contribution is 7.13. The largest absolute Gasteiger partial charge is 0.461 e. The van der Waals surface area contributed by atoms with E-state index in [-0.39, 0.29) is 18.1 Å². The Morgan fingerprint density at radius 1 is 1.27 bits per heavy atom. The highest BCUT2D eigenvalue weighted by atomic mass is 32.1. The number of furan rings is 1. The van der Waals surface area contributed by atoms with E-state index < -0.39 is 0 Å². The summed E-state index contributed by atoms with van der Waals surface area (Å²) in [6, 6.07) is 9.91. The van der Waals surface area contributed by atoms with E-state index >= 15 is 0 Å². The minimum absolute atomic E-state index is 0.126. The van der Waals surface area contributed by atoms with Crippen LogP contribution in [0.1, 0.15) is 12.2 Å². The van der Waals surface area contributed by atoms with Crippen LogP contribution in [0.15, 0.2) is 52.4 Å². The zero-order valence-corrected chi connectivity index (χ0v) is 12.4. The standard InChI is InChI=1S/C16H13FN2O2S/c17-13-4-2-1-3-12(13)14-7-5-11(21-14)6-8-15(20)19-16-18-9-10-22-16/h1-5,7,9-10H,6,8H2,(H,18,19,20). The maximum Gasteiger partial charge on any atom is 0.226 e. The van der Waals surface area contributed by atoms with Crippen molar-refractivity contribution in [3.05, 3.63) is 59.6 Å². The van der Waals surface area contributed by atoms with E-state index in [1.165, 1.54) is 17.4 Å². The molecule has 1 amide bonds. The lowest BCUT2D eigenvalue weighted by Gasteiger charge is -2.01. The van der Waals surface area contributed by atoms with Crippen LogP contribution in [0.4, 0.5) is 9.52 Å². The first-order valence-corrected chi connectivity index (χ1v) is 7.63. The van der Waals surface area contributed by atoms with Crippen molar-refractivity contribution in [1.29, 1.82) is 0 Å². The average Bonchev–Trinajstić information content (AvgIpc) is 3.17. The van der Waals surface area contributed by atoms with E-state index in [1.807, 2.05) is 0 Å². The lowest BCUT2D eigenvalue weighted by molar-refractivity contribution is -0.116. The molecule has 6 heteroatoms. The molecule has 1 aromatic carbocycles. The summed E-state index contributed by atoms with van der Waals surface area (Å²) in [5.41, 5.74) is 0.418. The van der Waals surface area contributed by atoms with E-state index in [4.69, 9.17) is 4.42 Å². The molecule has 0 aliphatic rings. The van der Waals surface area contributed by atoms with Crippen molar-refractivity contribution in [2.24, 2.45) is 0 Å². The average molecular weight is 316 g/mol. The Hall–Kier alpha value is -2.47. The van der Waals surface area contributed by atoms with Crippen LogP contribution in [-0.2, 0) is 11.2 Å². The van der Waals surface area contributed by atoms with Gasteiger partial charge in [-0.15, -0.1) is 11.3 Å². The molecule has 0 unspecified atom stereocenters. The molecule has 1 N–H and O–H groups in total. The topological polar surface area (TPSA) is 55.1 Å². The third kappa shape index (κ3) is 3.40. The summed E-state index contributed by atoms with van der Waals surface area (Å²) in [6.07, 6.45) is 2.36. The summed E-state index contributed by atoms with van der Waals surface area (Å²) < 4.78 is 19.3. The van der Waals surface area contributed by atoms with Crippen molar-refractivity contribution in [1.82, 2.24) is 4.98 Å². The molecule has 0 aliphatic carbocycles. The number of benzene rings is 1. The Balaban J connectivity index is 1.60. The highest BCUT2D eigenvalue weighted by Gasteiger charge is 2.11. The lowest BCUT2D eigenvalue weighted by atomic mass is 10.1. The van der Waals surface area contributed by atoms with Gasteiger partial charge in [-0.05, 0) is 24.3 Å². The number of carbonyl (C=O) groups is 1. The predicted octanol–water partition coefficient (Wildman–Crippen LogP) is 4.11. The van der Waals surface area contributed by atoms with Gasteiger partial charge in [-0.3, -0.25) is 4.79 Å². The molecule has 0 aliphatic heterocycles. The normalized spacial score (nSPS) is 10.6. The Morgan fingerprint density at radius 3 is 2.91 bits per heavy atom. The Labute approximate surface area is 130 Å². The minimum atomic E-state index is -0.329. The fourth-order valence-corrected chi connectivity index (χ4v) is 2.57. The van der Waals surface area contributed by atoms with Crippen molar-refractivity contribution in [3.8, 4) is 11.3 Å². The molecule has 22 heavy (non-hydrogen) atoms. The first-order valence-electron chi connectivity index (χ1n) is 6.75. The van der Waals surface area contributed by atoms with Gasteiger partial charge in [-0.2, -0.15) is 0 Å². The summed E-state index contributed by atoms with van der Waals surface area (Å²) in [4.78, 5) is 15.8. The number of hydrogen-bond acceptors (Lipinski definition) is 4. The molecule has 3 aromatic rings. The third-order valence-corrected chi connectivity index (χ3v) is 3.77. The number of amides is 1. The number of hydrogen-bond donors (Lipinski definition) is 1. The molecule has 0 saturated heterocycles. The molecule has 0 radical (unpaired) electrons. The smallest absolute Gasteiger partial charge is 0.226 e. The number of aromatic nitrogens is 1. The number of aryl methyl sites for hydroxylation is 1. The molecule has 0 spiro atoms. The molecular formula is C16H13FN2O2S. The first-order chi connectivity index (χ1) is 10.7. The second-order valence-corrected chi connectivity index (χ2v) is 5.53. The van der Waals surface area contributed by atoms with Crippen LogP contribution in [0.5, 0.6) is 0 Å². The second-order valence-electron chi connectivity index (χ2n) is 4.63. The van der Waals surface area contributed by atoms with E-state index in [2.05, 4.69) is 10.3 Å². The number of anilines is 1. The number of halogens is 1. The van der Waals surface area contributed by atoms with Gasteiger partial charge in [-0.25, -0.2) is 9.37 Å². The molecule has 2 heterocycles. The molecule has 0 atom stereocenters. The molecule has 0 fully saturated rings. The van der Waals surface area contributed by atoms with Gasteiger partial charge in [0.25, 0.3) is 0 Å². The number of rotatable bonds is 5. The summed E-state index contributed by atoms with van der Waals surface area (Å²) in [6.45, 7) is 0. The molecular weight excluding hydrogens is 303 g/mol. The van der Waals surface area contributed by atoms with Gasteiger partial charge in [-0.1, -0.05) is 12.1 Å². The fourth-order valence-electron chi connectivity index (χ4n) is 2.02. The van der Waals surface area contributed by atoms with Crippen LogP contribution in [-0.4, -0.2) is 10.9 Å². The van der Waals surface area contributed by atoms with Gasteiger partial charge in [0.2, 0.25) is 5.91 Å². The van der Waals surface area contributed by atoms with E-state index in [1.54, 1.807) is 41.9 Å². The zero-order chi connectivity index (χ0) is 15.4. The minimum Gasteiger partial charge on any atom is -0.461 e. The first kappa shape index (κ1) is 14.5. The summed E-state index contributed by atoms with van der Waals surface area (Å²) in [7, 11) is 0. The molecule has 0 bridgehead atoms. The summed E-state index contributed by atoms with van der Waals surface area (Å²) in [5, 5.41) is 5.08. The molecule has 2 aromatic heterocycles. The van der Waals surface area contributed by atoms with Gasteiger partial charge < -0.3 is 9.73 Å². The van der Waals surface area contributed by atoms with Crippen molar-refractivity contribution < 1.29 is 13.6 Å². The highest BCUT2D eigenvalue weighted by Crippen LogP contribution is 2.25. The van der Waals surface area contributed by atoms with E-state index in [0.717, 1.165) is 0 Å². The van der Waals surface area contributed by atoms with Crippen molar-refractivity contribution in [3.63, 3.8) is 0 Å². The molecule has 3 rings (SSSR count). The van der Waals surface area contributed by atoms with Crippen LogP contribution in [0, 0.1) is 5.82 Å². The van der Waals surface area contributed by atoms with Crippen molar-refractivity contribution in [2.75, 3.05) is 5.32 Å². The molecule has 112 valence electrons. The zero-order valence-electron chi connectivity index (χ0n) is 11.6. The lowest BCUT2D eigenvalue weighted by Crippen LogP contribution is -2.11. The summed E-state index contributed by atoms with van der Waals surface area (Å²) >= 11 is 1.37. The van der Waals surface area contributed by atoms with Crippen LogP contribution in [0.25, 0.3) is 11.3 Å². The number of thiazole rings is 1. The summed E-state index contributed by atoms with van der Waals surface area (Å²) in [5.74, 6) is 0.657. The maximum absolute atomic E-state index is 13.7. The van der Waals surface area contributed by atoms with Crippen LogP contribution < -0.4 is 5.32 Å². The Kier molecular flexibility index (Phi) is 4.29.